The van der Waals surface area contributed by atoms with Crippen molar-refractivity contribution < 1.29 is 5.11 Å². The number of benzene rings is 2. The van der Waals surface area contributed by atoms with Gasteiger partial charge in [-0.1, -0.05) is 76.2 Å². The Morgan fingerprint density at radius 2 is 1.53 bits per heavy atom. The van der Waals surface area contributed by atoms with E-state index < -0.39 is 0 Å². The zero-order valence-electron chi connectivity index (χ0n) is 12.1. The van der Waals surface area contributed by atoms with Crippen LogP contribution in [0.2, 0.25) is 0 Å². The van der Waals surface area contributed by atoms with Gasteiger partial charge in [0, 0.05) is 11.0 Å². The van der Waals surface area contributed by atoms with Gasteiger partial charge >= 0.3 is 0 Å². The minimum absolute atomic E-state index is 0.198. The van der Waals surface area contributed by atoms with Gasteiger partial charge < -0.3 is 5.11 Å². The predicted octanol–water partition coefficient (Wildman–Crippen LogP) is 4.84. The maximum absolute atomic E-state index is 10.6. The molecule has 0 radical (unpaired) electrons. The molecule has 1 nitrogen and oxygen atoms in total. The SMILES string of the molecule is CC(C)c1cccc(C(C)(C)c2ccccc2)c1O. The smallest absolute Gasteiger partial charge is 0.123 e. The molecule has 0 spiro atoms. The average Bonchev–Trinajstić information content (AvgIpc) is 2.39. The van der Waals surface area contributed by atoms with Crippen LogP contribution in [0, 0.1) is 0 Å². The molecule has 2 aromatic rings. The fraction of sp³-hybridized carbons (Fsp3) is 0.333. The van der Waals surface area contributed by atoms with Gasteiger partial charge in [-0.15, -0.1) is 0 Å². The van der Waals surface area contributed by atoms with Crippen molar-refractivity contribution in [2.24, 2.45) is 0 Å². The van der Waals surface area contributed by atoms with Crippen LogP contribution in [0.25, 0.3) is 0 Å². The number of para-hydroxylation sites is 1. The first kappa shape index (κ1) is 13.7. The Hall–Kier alpha value is -1.76. The molecular weight excluding hydrogens is 232 g/mol. The summed E-state index contributed by atoms with van der Waals surface area (Å²) < 4.78 is 0. The van der Waals surface area contributed by atoms with E-state index in [4.69, 9.17) is 0 Å². The molecule has 0 fully saturated rings. The Labute approximate surface area is 115 Å². The van der Waals surface area contributed by atoms with Crippen molar-refractivity contribution in [3.63, 3.8) is 0 Å². The summed E-state index contributed by atoms with van der Waals surface area (Å²) in [7, 11) is 0. The molecule has 1 heteroatoms. The third-order valence-corrected chi connectivity index (χ3v) is 3.86. The first-order chi connectivity index (χ1) is 8.94. The molecule has 0 amide bonds. The van der Waals surface area contributed by atoms with Crippen molar-refractivity contribution in [1.82, 2.24) is 0 Å². The van der Waals surface area contributed by atoms with E-state index in [9.17, 15) is 5.11 Å². The van der Waals surface area contributed by atoms with E-state index in [-0.39, 0.29) is 5.41 Å². The molecule has 19 heavy (non-hydrogen) atoms. The van der Waals surface area contributed by atoms with E-state index in [1.54, 1.807) is 0 Å². The van der Waals surface area contributed by atoms with Crippen LogP contribution in [0.3, 0.4) is 0 Å². The zero-order chi connectivity index (χ0) is 14.0. The van der Waals surface area contributed by atoms with E-state index >= 15 is 0 Å². The molecule has 100 valence electrons. The summed E-state index contributed by atoms with van der Waals surface area (Å²) in [5.41, 5.74) is 3.02. The van der Waals surface area contributed by atoms with Gasteiger partial charge in [-0.2, -0.15) is 0 Å². The number of hydrogen-bond donors (Lipinski definition) is 1. The van der Waals surface area contributed by atoms with Gasteiger partial charge in [-0.3, -0.25) is 0 Å². The lowest BCUT2D eigenvalue weighted by Gasteiger charge is -2.28. The van der Waals surface area contributed by atoms with Crippen LogP contribution < -0.4 is 0 Å². The van der Waals surface area contributed by atoms with E-state index in [0.717, 1.165) is 11.1 Å². The fourth-order valence-corrected chi connectivity index (χ4v) is 2.54. The topological polar surface area (TPSA) is 20.2 Å². The molecule has 0 atom stereocenters. The maximum Gasteiger partial charge on any atom is 0.123 e. The summed E-state index contributed by atoms with van der Waals surface area (Å²) in [5.74, 6) is 0.762. The first-order valence-corrected chi connectivity index (χ1v) is 6.82. The van der Waals surface area contributed by atoms with Gasteiger partial charge in [-0.05, 0) is 17.0 Å². The van der Waals surface area contributed by atoms with Gasteiger partial charge in [0.05, 0.1) is 0 Å². The fourth-order valence-electron chi connectivity index (χ4n) is 2.54. The number of phenols is 1. The lowest BCUT2D eigenvalue weighted by molar-refractivity contribution is 0.443. The summed E-state index contributed by atoms with van der Waals surface area (Å²) in [6.45, 7) is 8.52. The molecule has 2 aromatic carbocycles. The lowest BCUT2D eigenvalue weighted by atomic mass is 9.76. The summed E-state index contributed by atoms with van der Waals surface area (Å²) in [6, 6.07) is 16.4. The Bertz CT molecular complexity index is 553. The average molecular weight is 254 g/mol. The Morgan fingerprint density at radius 3 is 2.11 bits per heavy atom. The van der Waals surface area contributed by atoms with Crippen molar-refractivity contribution >= 4 is 0 Å². The van der Waals surface area contributed by atoms with Crippen LogP contribution in [0.15, 0.2) is 48.5 Å². The minimum Gasteiger partial charge on any atom is -0.507 e. The summed E-state index contributed by atoms with van der Waals surface area (Å²) in [4.78, 5) is 0. The highest BCUT2D eigenvalue weighted by atomic mass is 16.3. The highest BCUT2D eigenvalue weighted by molar-refractivity contribution is 5.50. The maximum atomic E-state index is 10.6. The van der Waals surface area contributed by atoms with Crippen molar-refractivity contribution in [1.29, 1.82) is 0 Å². The van der Waals surface area contributed by atoms with Gasteiger partial charge in [0.1, 0.15) is 5.75 Å². The van der Waals surface area contributed by atoms with Gasteiger partial charge in [0.25, 0.3) is 0 Å². The summed E-state index contributed by atoms with van der Waals surface area (Å²) >= 11 is 0. The van der Waals surface area contributed by atoms with Crippen LogP contribution in [-0.2, 0) is 5.41 Å². The number of hydrogen-bond acceptors (Lipinski definition) is 1. The highest BCUT2D eigenvalue weighted by Gasteiger charge is 2.27. The molecule has 2 rings (SSSR count). The van der Waals surface area contributed by atoms with Crippen molar-refractivity contribution in [3.8, 4) is 5.75 Å². The molecule has 0 bridgehead atoms. The second-order valence-electron chi connectivity index (χ2n) is 5.89. The molecule has 0 saturated carbocycles. The van der Waals surface area contributed by atoms with E-state index in [2.05, 4.69) is 39.8 Å². The Kier molecular flexibility index (Phi) is 3.66. The third kappa shape index (κ3) is 2.51. The van der Waals surface area contributed by atoms with Crippen molar-refractivity contribution in [3.05, 3.63) is 65.2 Å². The van der Waals surface area contributed by atoms with Crippen molar-refractivity contribution in [2.75, 3.05) is 0 Å². The van der Waals surface area contributed by atoms with E-state index in [1.807, 2.05) is 36.4 Å². The zero-order valence-corrected chi connectivity index (χ0v) is 12.1. The number of phenolic OH excluding ortho intramolecular Hbond substituents is 1. The molecule has 0 saturated heterocycles. The number of rotatable bonds is 3. The summed E-state index contributed by atoms with van der Waals surface area (Å²) in [6.07, 6.45) is 0. The van der Waals surface area contributed by atoms with Gasteiger partial charge in [-0.25, -0.2) is 0 Å². The Morgan fingerprint density at radius 1 is 0.895 bits per heavy atom. The Balaban J connectivity index is 2.56. The highest BCUT2D eigenvalue weighted by Crippen LogP contribution is 2.40. The van der Waals surface area contributed by atoms with Crippen LogP contribution in [0.1, 0.15) is 50.3 Å². The second kappa shape index (κ2) is 5.08. The van der Waals surface area contributed by atoms with Crippen LogP contribution in [0.5, 0.6) is 5.75 Å². The first-order valence-electron chi connectivity index (χ1n) is 6.82. The third-order valence-electron chi connectivity index (χ3n) is 3.86. The van der Waals surface area contributed by atoms with Crippen LogP contribution in [0.4, 0.5) is 0 Å². The molecule has 1 N–H and O–H groups in total. The quantitative estimate of drug-likeness (QED) is 0.830. The van der Waals surface area contributed by atoms with Crippen LogP contribution in [-0.4, -0.2) is 5.11 Å². The number of aromatic hydroxyl groups is 1. The molecular formula is C18H22O. The van der Waals surface area contributed by atoms with E-state index in [1.165, 1.54) is 5.56 Å². The molecule has 0 aliphatic heterocycles. The lowest BCUT2D eigenvalue weighted by Crippen LogP contribution is -2.19. The normalized spacial score (nSPS) is 11.8. The van der Waals surface area contributed by atoms with Crippen LogP contribution >= 0.6 is 0 Å². The monoisotopic (exact) mass is 254 g/mol. The van der Waals surface area contributed by atoms with E-state index in [0.29, 0.717) is 11.7 Å². The molecule has 0 aliphatic rings. The van der Waals surface area contributed by atoms with Gasteiger partial charge in [0.15, 0.2) is 0 Å². The van der Waals surface area contributed by atoms with Crippen molar-refractivity contribution in [2.45, 2.75) is 39.0 Å². The largest absolute Gasteiger partial charge is 0.507 e. The second-order valence-corrected chi connectivity index (χ2v) is 5.89. The minimum atomic E-state index is -0.198. The molecule has 0 unspecified atom stereocenters. The van der Waals surface area contributed by atoms with Gasteiger partial charge in [0.2, 0.25) is 0 Å². The summed E-state index contributed by atoms with van der Waals surface area (Å²) in [5, 5.41) is 10.6. The standard InChI is InChI=1S/C18H22O/c1-13(2)15-11-8-12-16(17(15)19)18(3,4)14-9-6-5-7-10-14/h5-13,19H,1-4H3. The molecule has 0 aliphatic carbocycles. The molecule has 0 heterocycles. The molecule has 0 aromatic heterocycles. The predicted molar refractivity (Wildman–Crippen MR) is 80.8 cm³/mol.